The molecule has 0 aromatic carbocycles. The molecule has 0 aliphatic carbocycles. The average molecular weight is 358 g/mol. The molecule has 1 aromatic rings. The fourth-order valence-electron chi connectivity index (χ4n) is 3.69. The zero-order valence-electron chi connectivity index (χ0n) is 14.7. The lowest BCUT2D eigenvalue weighted by molar-refractivity contribution is -0.135. The van der Waals surface area contributed by atoms with E-state index < -0.39 is 5.60 Å². The van der Waals surface area contributed by atoms with Crippen LogP contribution in [0.25, 0.3) is 0 Å². The molecule has 4 heterocycles. The van der Waals surface area contributed by atoms with Gasteiger partial charge in [0, 0.05) is 32.2 Å². The van der Waals surface area contributed by atoms with Crippen LogP contribution in [0.5, 0.6) is 0 Å². The molecule has 26 heavy (non-hydrogen) atoms. The Morgan fingerprint density at radius 1 is 1.42 bits per heavy atom. The Morgan fingerprint density at radius 2 is 2.31 bits per heavy atom. The molecule has 1 spiro atoms. The van der Waals surface area contributed by atoms with Crippen molar-refractivity contribution in [2.45, 2.75) is 31.8 Å². The normalized spacial score (nSPS) is 27.5. The van der Waals surface area contributed by atoms with Crippen molar-refractivity contribution in [3.8, 4) is 0 Å². The van der Waals surface area contributed by atoms with Gasteiger partial charge in [0.2, 0.25) is 5.91 Å². The largest absolute Gasteiger partial charge is 0.386 e. The number of nitrogens with one attached hydrogen (secondary N) is 1. The highest BCUT2D eigenvalue weighted by molar-refractivity contribution is 6.43. The summed E-state index contributed by atoms with van der Waals surface area (Å²) in [7, 11) is 0. The number of hydrogen-bond acceptors (Lipinski definition) is 6. The van der Waals surface area contributed by atoms with E-state index in [2.05, 4.69) is 15.5 Å². The zero-order valence-corrected chi connectivity index (χ0v) is 14.7. The van der Waals surface area contributed by atoms with Gasteiger partial charge >= 0.3 is 0 Å². The van der Waals surface area contributed by atoms with Crippen LogP contribution in [0.4, 0.5) is 5.69 Å². The number of carbonyl (C=O) groups excluding carboxylic acids is 2. The number of anilines is 1. The van der Waals surface area contributed by atoms with Crippen molar-refractivity contribution in [2.75, 3.05) is 31.6 Å². The number of hydrogen-bond donors (Lipinski definition) is 1. The summed E-state index contributed by atoms with van der Waals surface area (Å²) in [5.74, 6) is -0.220. The highest BCUT2D eigenvalue weighted by atomic mass is 16.7. The fraction of sp³-hybridized carbons (Fsp3) is 0.556. The summed E-state index contributed by atoms with van der Waals surface area (Å²) in [5, 5.41) is 6.84. The number of aryl methyl sites for hydroxylation is 1. The summed E-state index contributed by atoms with van der Waals surface area (Å²) in [6, 6.07) is 3.57. The number of ether oxygens (including phenoxy) is 1. The first-order chi connectivity index (χ1) is 12.6. The van der Waals surface area contributed by atoms with Crippen molar-refractivity contribution in [3.05, 3.63) is 24.0 Å². The summed E-state index contributed by atoms with van der Waals surface area (Å²) in [5.41, 5.74) is 1.18. The first-order valence-corrected chi connectivity index (χ1v) is 8.91. The summed E-state index contributed by atoms with van der Waals surface area (Å²) in [6.07, 6.45) is 3.54. The van der Waals surface area contributed by atoms with Crippen molar-refractivity contribution in [3.63, 3.8) is 0 Å². The monoisotopic (exact) mass is 358 g/mol. The number of nitrogens with zero attached hydrogens (tertiary/aromatic N) is 3. The summed E-state index contributed by atoms with van der Waals surface area (Å²) < 4.78 is 5.31. The zero-order chi connectivity index (χ0) is 18.1. The van der Waals surface area contributed by atoms with Crippen LogP contribution in [-0.4, -0.2) is 59.3 Å². The Hall–Kier alpha value is -2.48. The highest BCUT2D eigenvalue weighted by Crippen LogP contribution is 2.35. The van der Waals surface area contributed by atoms with E-state index in [9.17, 15) is 9.59 Å². The molecule has 8 nitrogen and oxygen atoms in total. The summed E-state index contributed by atoms with van der Waals surface area (Å²) >= 11 is 0. The van der Waals surface area contributed by atoms with Gasteiger partial charge in [-0.25, -0.2) is 0 Å². The minimum Gasteiger partial charge on any atom is -0.386 e. The smallest absolute Gasteiger partial charge is 0.273 e. The van der Waals surface area contributed by atoms with Crippen LogP contribution in [0.3, 0.4) is 0 Å². The van der Waals surface area contributed by atoms with E-state index in [0.717, 1.165) is 12.1 Å². The van der Waals surface area contributed by atoms with Gasteiger partial charge in [0.05, 0.1) is 30.5 Å². The van der Waals surface area contributed by atoms with Crippen molar-refractivity contribution in [2.24, 2.45) is 11.1 Å². The third kappa shape index (κ3) is 3.16. The Kier molecular flexibility index (Phi) is 4.36. The molecule has 1 aromatic heterocycles. The first kappa shape index (κ1) is 17.0. The molecule has 138 valence electrons. The molecule has 8 heteroatoms. The quantitative estimate of drug-likeness (QED) is 0.874. The maximum absolute atomic E-state index is 12.5. The Labute approximate surface area is 151 Å². The van der Waals surface area contributed by atoms with Gasteiger partial charge in [-0.2, -0.15) is 0 Å². The lowest BCUT2D eigenvalue weighted by Crippen LogP contribution is -2.40. The van der Waals surface area contributed by atoms with Gasteiger partial charge < -0.3 is 19.8 Å². The summed E-state index contributed by atoms with van der Waals surface area (Å²) in [4.78, 5) is 36.6. The second-order valence-corrected chi connectivity index (χ2v) is 7.15. The van der Waals surface area contributed by atoms with E-state index in [1.54, 1.807) is 18.3 Å². The molecule has 3 aliphatic heterocycles. The number of rotatable bonds is 3. The Bertz CT molecular complexity index is 759. The second kappa shape index (κ2) is 6.68. The third-order valence-corrected chi connectivity index (χ3v) is 5.26. The molecule has 0 radical (unpaired) electrons. The molecule has 3 aliphatic rings. The number of likely N-dealkylation sites (tertiary alicyclic amines) is 1. The van der Waals surface area contributed by atoms with Gasteiger partial charge in [0.15, 0.2) is 5.60 Å². The predicted molar refractivity (Wildman–Crippen MR) is 93.6 cm³/mol. The molecule has 2 fully saturated rings. The lowest BCUT2D eigenvalue weighted by Gasteiger charge is -2.23. The molecule has 1 N–H and O–H groups in total. The van der Waals surface area contributed by atoms with E-state index in [1.807, 2.05) is 11.8 Å². The SMILES string of the molecule is Cc1ncccc1NC(=O)C1=NO[C@]2(CCN(C(=O)[C@H]3CCOC3)C2)C1. The van der Waals surface area contributed by atoms with Gasteiger partial charge in [-0.15, -0.1) is 0 Å². The number of amides is 2. The van der Waals surface area contributed by atoms with Gasteiger partial charge in [-0.1, -0.05) is 5.16 Å². The number of pyridine rings is 1. The summed E-state index contributed by atoms with van der Waals surface area (Å²) in [6.45, 7) is 4.07. The molecule has 0 bridgehead atoms. The van der Waals surface area contributed by atoms with Crippen LogP contribution in [0.2, 0.25) is 0 Å². The third-order valence-electron chi connectivity index (χ3n) is 5.26. The first-order valence-electron chi connectivity index (χ1n) is 8.91. The number of oxime groups is 1. The molecule has 4 rings (SSSR count). The Morgan fingerprint density at radius 3 is 3.08 bits per heavy atom. The van der Waals surface area contributed by atoms with Crippen molar-refractivity contribution >= 4 is 23.2 Å². The van der Waals surface area contributed by atoms with E-state index >= 15 is 0 Å². The van der Waals surface area contributed by atoms with Crippen molar-refractivity contribution in [1.82, 2.24) is 9.88 Å². The molecule has 0 unspecified atom stereocenters. The Balaban J connectivity index is 1.36. The maximum atomic E-state index is 12.5. The van der Waals surface area contributed by atoms with Gasteiger partial charge in [0.25, 0.3) is 5.91 Å². The van der Waals surface area contributed by atoms with Crippen LogP contribution in [0, 0.1) is 12.8 Å². The van der Waals surface area contributed by atoms with Crippen LogP contribution < -0.4 is 5.32 Å². The molecule has 2 saturated heterocycles. The van der Waals surface area contributed by atoms with Gasteiger partial charge in [-0.3, -0.25) is 14.6 Å². The van der Waals surface area contributed by atoms with Crippen molar-refractivity contribution in [1.29, 1.82) is 0 Å². The van der Waals surface area contributed by atoms with Crippen LogP contribution in [0.1, 0.15) is 25.0 Å². The van der Waals surface area contributed by atoms with E-state index in [1.165, 1.54) is 0 Å². The predicted octanol–water partition coefficient (Wildman–Crippen LogP) is 1.11. The van der Waals surface area contributed by atoms with Crippen LogP contribution in [0.15, 0.2) is 23.5 Å². The number of carbonyl (C=O) groups is 2. The van der Waals surface area contributed by atoms with Crippen LogP contribution in [-0.2, 0) is 19.2 Å². The minimum atomic E-state index is -0.578. The van der Waals surface area contributed by atoms with E-state index in [0.29, 0.717) is 50.5 Å². The molecular formula is C18H22N4O4. The minimum absolute atomic E-state index is 0.0520. The molecular weight excluding hydrogens is 336 g/mol. The van der Waals surface area contributed by atoms with Gasteiger partial charge in [0.1, 0.15) is 5.71 Å². The van der Waals surface area contributed by atoms with E-state index in [4.69, 9.17) is 9.57 Å². The maximum Gasteiger partial charge on any atom is 0.273 e. The molecule has 2 atom stereocenters. The number of aromatic nitrogens is 1. The second-order valence-electron chi connectivity index (χ2n) is 7.15. The standard InChI is InChI=1S/C18H22N4O4/c1-12-14(3-2-6-19-12)20-16(23)15-9-18(26-21-15)5-7-22(11-18)17(24)13-4-8-25-10-13/h2-3,6,13H,4-5,7-11H2,1H3,(H,20,23)/t13-,18+/m0/s1. The van der Waals surface area contributed by atoms with Crippen molar-refractivity contribution < 1.29 is 19.2 Å². The average Bonchev–Trinajstić information content (AvgIpc) is 3.38. The van der Waals surface area contributed by atoms with E-state index in [-0.39, 0.29) is 17.7 Å². The van der Waals surface area contributed by atoms with Gasteiger partial charge in [-0.05, 0) is 25.5 Å². The molecule has 2 amide bonds. The topological polar surface area (TPSA) is 93.1 Å². The lowest BCUT2D eigenvalue weighted by atomic mass is 9.96. The van der Waals surface area contributed by atoms with Crippen LogP contribution >= 0.6 is 0 Å². The highest BCUT2D eigenvalue weighted by Gasteiger charge is 2.48. The fourth-order valence-corrected chi connectivity index (χ4v) is 3.69. The molecule has 0 saturated carbocycles.